The minimum absolute atomic E-state index is 0.337. The number of thiophene rings is 2. The molecule has 2 N–H and O–H groups in total. The molecule has 24 heavy (non-hydrogen) atoms. The Morgan fingerprint density at radius 1 is 1.04 bits per heavy atom. The number of fused-ring (bicyclic) bond motifs is 1. The predicted molar refractivity (Wildman–Crippen MR) is 87.8 cm³/mol. The maximum Gasteiger partial charge on any atom is 0.185 e. The summed E-state index contributed by atoms with van der Waals surface area (Å²) >= 11 is 3.11. The maximum absolute atomic E-state index is 10.2. The van der Waals surface area contributed by atoms with E-state index in [9.17, 15) is 10.2 Å². The van der Waals surface area contributed by atoms with Crippen LogP contribution >= 0.6 is 22.7 Å². The van der Waals surface area contributed by atoms with Crippen LogP contribution in [0.1, 0.15) is 23.7 Å². The van der Waals surface area contributed by atoms with Crippen molar-refractivity contribution in [3.63, 3.8) is 0 Å². The van der Waals surface area contributed by atoms with Gasteiger partial charge < -0.3 is 29.2 Å². The average Bonchev–Trinajstić information content (AvgIpc) is 3.32. The van der Waals surface area contributed by atoms with Gasteiger partial charge in [0.15, 0.2) is 12.6 Å². The van der Waals surface area contributed by atoms with Gasteiger partial charge >= 0.3 is 0 Å². The molecule has 0 bridgehead atoms. The Kier molecular flexibility index (Phi) is 4.98. The highest BCUT2D eigenvalue weighted by atomic mass is 32.1. The molecule has 2 aromatic heterocycles. The summed E-state index contributed by atoms with van der Waals surface area (Å²) in [6.07, 6.45) is -3.75. The molecule has 6 nitrogen and oxygen atoms in total. The Hall–Kier alpha value is -0.840. The first-order valence-electron chi connectivity index (χ1n) is 7.67. The molecule has 2 unspecified atom stereocenters. The van der Waals surface area contributed by atoms with E-state index >= 15 is 0 Å². The SMILES string of the molecule is OC[C@@H](O)[C@H]1OC(c2ccsc2)O[C@H]2COC(c3ccsc3)O[C@@H]12. The molecule has 2 aliphatic heterocycles. The molecule has 0 saturated carbocycles. The molecule has 0 spiro atoms. The van der Waals surface area contributed by atoms with Crippen LogP contribution < -0.4 is 0 Å². The van der Waals surface area contributed by atoms with Gasteiger partial charge in [0.2, 0.25) is 0 Å². The minimum Gasteiger partial charge on any atom is -0.394 e. The third-order valence-corrected chi connectivity index (χ3v) is 5.56. The smallest absolute Gasteiger partial charge is 0.185 e. The van der Waals surface area contributed by atoms with Gasteiger partial charge in [0, 0.05) is 11.1 Å². The summed E-state index contributed by atoms with van der Waals surface area (Å²) in [7, 11) is 0. The zero-order valence-electron chi connectivity index (χ0n) is 12.7. The lowest BCUT2D eigenvalue weighted by molar-refractivity contribution is -0.373. The van der Waals surface area contributed by atoms with E-state index in [-0.39, 0.29) is 6.10 Å². The zero-order valence-corrected chi connectivity index (χ0v) is 14.3. The standard InChI is InChI=1S/C16H18O6S2/c17-5-11(18)13-14-12(20-16(21-13)10-2-4-24-8-10)6-19-15(22-14)9-1-3-23-7-9/h1-4,7-8,11-18H,5-6H2/t11-,12+,13-,14-,15?,16?/m1/s1. The predicted octanol–water partition coefficient (Wildman–Crippen LogP) is 2.06. The van der Waals surface area contributed by atoms with Gasteiger partial charge in [-0.2, -0.15) is 22.7 Å². The fourth-order valence-corrected chi connectivity index (χ4v) is 4.25. The summed E-state index contributed by atoms with van der Waals surface area (Å²) in [5.74, 6) is 0. The summed E-state index contributed by atoms with van der Waals surface area (Å²) in [6, 6.07) is 3.85. The van der Waals surface area contributed by atoms with Crippen LogP contribution in [0.3, 0.4) is 0 Å². The third-order valence-electron chi connectivity index (χ3n) is 4.16. The molecular formula is C16H18O6S2. The highest BCUT2D eigenvalue weighted by Gasteiger charge is 2.48. The molecule has 6 atom stereocenters. The summed E-state index contributed by atoms with van der Waals surface area (Å²) < 4.78 is 23.7. The van der Waals surface area contributed by atoms with Crippen molar-refractivity contribution in [1.29, 1.82) is 0 Å². The van der Waals surface area contributed by atoms with Crippen LogP contribution in [0.25, 0.3) is 0 Å². The highest BCUT2D eigenvalue weighted by molar-refractivity contribution is 7.08. The number of ether oxygens (including phenoxy) is 4. The van der Waals surface area contributed by atoms with Crippen molar-refractivity contribution in [1.82, 2.24) is 0 Å². The van der Waals surface area contributed by atoms with E-state index in [0.29, 0.717) is 6.61 Å². The fraction of sp³-hybridized carbons (Fsp3) is 0.500. The Labute approximate surface area is 147 Å². The van der Waals surface area contributed by atoms with Crippen molar-refractivity contribution in [2.75, 3.05) is 13.2 Å². The molecule has 2 saturated heterocycles. The average molecular weight is 370 g/mol. The van der Waals surface area contributed by atoms with Crippen LogP contribution in [0.4, 0.5) is 0 Å². The Balaban J connectivity index is 1.55. The Morgan fingerprint density at radius 3 is 2.38 bits per heavy atom. The molecule has 2 fully saturated rings. The Bertz CT molecular complexity index is 629. The molecule has 130 valence electrons. The van der Waals surface area contributed by atoms with Crippen molar-refractivity contribution in [3.05, 3.63) is 44.8 Å². The van der Waals surface area contributed by atoms with E-state index < -0.39 is 37.5 Å². The molecular weight excluding hydrogens is 352 g/mol. The molecule has 4 heterocycles. The topological polar surface area (TPSA) is 77.4 Å². The van der Waals surface area contributed by atoms with Crippen molar-refractivity contribution in [2.24, 2.45) is 0 Å². The minimum atomic E-state index is -1.05. The van der Waals surface area contributed by atoms with E-state index in [4.69, 9.17) is 18.9 Å². The number of hydrogen-bond acceptors (Lipinski definition) is 8. The molecule has 2 aromatic rings. The maximum atomic E-state index is 10.2. The van der Waals surface area contributed by atoms with Crippen LogP contribution in [0.15, 0.2) is 33.7 Å². The molecule has 0 aliphatic carbocycles. The van der Waals surface area contributed by atoms with Crippen LogP contribution in [-0.4, -0.2) is 47.8 Å². The van der Waals surface area contributed by atoms with Gasteiger partial charge in [-0.1, -0.05) is 0 Å². The number of rotatable bonds is 4. The molecule has 0 aromatic carbocycles. The summed E-state index contributed by atoms with van der Waals surface area (Å²) in [4.78, 5) is 0. The van der Waals surface area contributed by atoms with Crippen LogP contribution in [0.2, 0.25) is 0 Å². The van der Waals surface area contributed by atoms with Crippen molar-refractivity contribution in [3.8, 4) is 0 Å². The molecule has 0 radical (unpaired) electrons. The second kappa shape index (κ2) is 7.19. The van der Waals surface area contributed by atoms with Gasteiger partial charge in [0.1, 0.15) is 24.4 Å². The summed E-state index contributed by atoms with van der Waals surface area (Å²) in [5, 5.41) is 27.4. The molecule has 2 aliphatic rings. The first-order chi connectivity index (χ1) is 11.8. The van der Waals surface area contributed by atoms with E-state index in [2.05, 4.69) is 0 Å². The van der Waals surface area contributed by atoms with Crippen molar-refractivity contribution >= 4 is 22.7 Å². The van der Waals surface area contributed by atoms with E-state index in [1.54, 1.807) is 22.7 Å². The summed E-state index contributed by atoms with van der Waals surface area (Å²) in [6.45, 7) is -0.0681. The normalized spacial score (nSPS) is 34.7. The third kappa shape index (κ3) is 3.16. The van der Waals surface area contributed by atoms with Gasteiger partial charge in [-0.25, -0.2) is 0 Å². The van der Waals surface area contributed by atoms with Gasteiger partial charge in [0.25, 0.3) is 0 Å². The highest BCUT2D eigenvalue weighted by Crippen LogP contribution is 2.39. The lowest BCUT2D eigenvalue weighted by Crippen LogP contribution is -2.58. The van der Waals surface area contributed by atoms with Gasteiger partial charge in [-0.3, -0.25) is 0 Å². The second-order valence-corrected chi connectivity index (χ2v) is 7.30. The van der Waals surface area contributed by atoms with Gasteiger partial charge in [-0.15, -0.1) is 0 Å². The van der Waals surface area contributed by atoms with E-state index in [1.807, 2.05) is 33.7 Å². The van der Waals surface area contributed by atoms with E-state index in [0.717, 1.165) is 11.1 Å². The largest absolute Gasteiger partial charge is 0.394 e. The number of aliphatic hydroxyl groups is 2. The molecule has 4 rings (SSSR count). The van der Waals surface area contributed by atoms with Crippen LogP contribution in [0, 0.1) is 0 Å². The molecule has 8 heteroatoms. The summed E-state index contributed by atoms with van der Waals surface area (Å²) in [5.41, 5.74) is 1.81. The van der Waals surface area contributed by atoms with Crippen LogP contribution in [0.5, 0.6) is 0 Å². The lowest BCUT2D eigenvalue weighted by Gasteiger charge is -2.46. The van der Waals surface area contributed by atoms with Crippen molar-refractivity contribution in [2.45, 2.75) is 37.0 Å². The first kappa shape index (κ1) is 16.6. The quantitative estimate of drug-likeness (QED) is 0.858. The Morgan fingerprint density at radius 2 is 1.75 bits per heavy atom. The lowest BCUT2D eigenvalue weighted by atomic mass is 10.00. The number of hydrogen-bond donors (Lipinski definition) is 2. The first-order valence-corrected chi connectivity index (χ1v) is 9.56. The second-order valence-electron chi connectivity index (χ2n) is 5.74. The number of aliphatic hydroxyl groups excluding tert-OH is 2. The van der Waals surface area contributed by atoms with Gasteiger partial charge in [0.05, 0.1) is 13.2 Å². The van der Waals surface area contributed by atoms with Crippen LogP contribution in [-0.2, 0) is 18.9 Å². The van der Waals surface area contributed by atoms with Gasteiger partial charge in [-0.05, 0) is 33.7 Å². The molecule has 0 amide bonds. The fourth-order valence-electron chi connectivity index (χ4n) is 2.93. The monoisotopic (exact) mass is 370 g/mol. The zero-order chi connectivity index (χ0) is 16.5. The van der Waals surface area contributed by atoms with Crippen molar-refractivity contribution < 1.29 is 29.2 Å². The van der Waals surface area contributed by atoms with E-state index in [1.165, 1.54) is 0 Å².